The average Bonchev–Trinajstić information content (AvgIpc) is 2.99. The molecule has 2 amide bonds. The first kappa shape index (κ1) is 19.2. The van der Waals surface area contributed by atoms with Crippen molar-refractivity contribution in [2.75, 3.05) is 29.9 Å². The van der Waals surface area contributed by atoms with E-state index in [1.54, 1.807) is 0 Å². The van der Waals surface area contributed by atoms with Gasteiger partial charge in [0.05, 0.1) is 17.1 Å². The zero-order valence-corrected chi connectivity index (χ0v) is 16.3. The first-order valence-corrected chi connectivity index (χ1v) is 11.1. The Bertz CT molecular complexity index is 696. The smallest absolute Gasteiger partial charge is 0.313 e. The summed E-state index contributed by atoms with van der Waals surface area (Å²) >= 11 is 2.58. The number of nitrogens with zero attached hydrogens (tertiary/aromatic N) is 1. The molecule has 142 valence electrons. The van der Waals surface area contributed by atoms with Crippen LogP contribution in [0, 0.1) is 0 Å². The Morgan fingerprint density at radius 3 is 2.50 bits per heavy atom. The highest BCUT2D eigenvalue weighted by Crippen LogP contribution is 2.39. The second kappa shape index (κ2) is 8.90. The van der Waals surface area contributed by atoms with Crippen molar-refractivity contribution < 1.29 is 19.5 Å². The van der Waals surface area contributed by atoms with E-state index < -0.39 is 5.97 Å². The fourth-order valence-electron chi connectivity index (χ4n) is 3.53. The number of thioether (sulfide) groups is 1. The normalized spacial score (nSPS) is 16.8. The van der Waals surface area contributed by atoms with Crippen LogP contribution in [0.2, 0.25) is 0 Å². The maximum absolute atomic E-state index is 13.1. The quantitative estimate of drug-likeness (QED) is 0.772. The number of nitrogens with one attached hydrogen (secondary N) is 1. The zero-order chi connectivity index (χ0) is 18.5. The largest absolute Gasteiger partial charge is 0.481 e. The summed E-state index contributed by atoms with van der Waals surface area (Å²) in [5.41, 5.74) is 1.80. The van der Waals surface area contributed by atoms with Gasteiger partial charge in [-0.15, -0.1) is 23.1 Å². The molecule has 1 fully saturated rings. The molecule has 0 bridgehead atoms. The van der Waals surface area contributed by atoms with Crippen LogP contribution in [0.4, 0.5) is 5.00 Å². The van der Waals surface area contributed by atoms with Crippen LogP contribution in [0.25, 0.3) is 0 Å². The Kier molecular flexibility index (Phi) is 6.58. The predicted octanol–water partition coefficient (Wildman–Crippen LogP) is 3.01. The average molecular weight is 397 g/mol. The second-order valence-electron chi connectivity index (χ2n) is 6.70. The molecule has 2 N–H and O–H groups in total. The Labute approximate surface area is 161 Å². The molecule has 1 aliphatic heterocycles. The summed E-state index contributed by atoms with van der Waals surface area (Å²) in [5, 5.41) is 12.2. The molecule has 0 atom stereocenters. The topological polar surface area (TPSA) is 86.7 Å². The van der Waals surface area contributed by atoms with Crippen LogP contribution in [0.1, 0.15) is 52.9 Å². The summed E-state index contributed by atoms with van der Waals surface area (Å²) in [6.45, 7) is 1.57. The van der Waals surface area contributed by atoms with Crippen molar-refractivity contribution in [3.63, 3.8) is 0 Å². The summed E-state index contributed by atoms with van der Waals surface area (Å²) in [6, 6.07) is 0. The van der Waals surface area contributed by atoms with Gasteiger partial charge in [0.15, 0.2) is 0 Å². The van der Waals surface area contributed by atoms with E-state index in [0.717, 1.165) is 75.4 Å². The minimum atomic E-state index is -0.935. The molecule has 1 aromatic heterocycles. The Hall–Kier alpha value is -1.54. The van der Waals surface area contributed by atoms with Crippen LogP contribution in [-0.4, -0.2) is 52.4 Å². The van der Waals surface area contributed by atoms with Crippen molar-refractivity contribution in [1.82, 2.24) is 4.90 Å². The number of fused-ring (bicyclic) bond motifs is 1. The fraction of sp³-hybridized carbons (Fsp3) is 0.611. The molecule has 26 heavy (non-hydrogen) atoms. The van der Waals surface area contributed by atoms with Crippen molar-refractivity contribution >= 4 is 45.9 Å². The first-order chi connectivity index (χ1) is 12.6. The van der Waals surface area contributed by atoms with E-state index in [1.165, 1.54) is 16.2 Å². The van der Waals surface area contributed by atoms with E-state index in [0.29, 0.717) is 10.6 Å². The molecule has 1 saturated heterocycles. The highest BCUT2D eigenvalue weighted by atomic mass is 32.2. The first-order valence-electron chi connectivity index (χ1n) is 9.09. The zero-order valence-electron chi connectivity index (χ0n) is 14.7. The molecule has 1 aromatic rings. The van der Waals surface area contributed by atoms with Crippen LogP contribution < -0.4 is 5.32 Å². The Balaban J connectivity index is 1.78. The van der Waals surface area contributed by atoms with Gasteiger partial charge in [0.1, 0.15) is 5.00 Å². The third-order valence-electron chi connectivity index (χ3n) is 4.74. The third-order valence-corrected chi connectivity index (χ3v) is 6.86. The van der Waals surface area contributed by atoms with Gasteiger partial charge in [0, 0.05) is 18.0 Å². The van der Waals surface area contributed by atoms with Crippen LogP contribution in [0.3, 0.4) is 0 Å². The van der Waals surface area contributed by atoms with Gasteiger partial charge >= 0.3 is 5.97 Å². The fourth-order valence-corrected chi connectivity index (χ4v) is 5.36. The standard InChI is InChI=1S/C18H24N2O4S2/c21-14(10-25-11-15(22)23)19-17-16(12-6-2-3-7-13(12)26-17)18(24)20-8-4-1-5-9-20/h1-11H2,(H,19,21)(H,22,23). The number of aliphatic carboxylic acids is 1. The molecule has 2 aliphatic rings. The number of hydrogen-bond donors (Lipinski definition) is 2. The lowest BCUT2D eigenvalue weighted by Crippen LogP contribution is -2.36. The Morgan fingerprint density at radius 2 is 1.77 bits per heavy atom. The van der Waals surface area contributed by atoms with Crippen molar-refractivity contribution in [1.29, 1.82) is 0 Å². The molecule has 0 unspecified atom stereocenters. The number of thiophene rings is 1. The number of aryl methyl sites for hydroxylation is 1. The van der Waals surface area contributed by atoms with Gasteiger partial charge in [0.25, 0.3) is 5.91 Å². The molecule has 0 radical (unpaired) electrons. The van der Waals surface area contributed by atoms with E-state index >= 15 is 0 Å². The van der Waals surface area contributed by atoms with Crippen molar-refractivity contribution in [2.45, 2.75) is 44.9 Å². The van der Waals surface area contributed by atoms with E-state index in [2.05, 4.69) is 5.32 Å². The lowest BCUT2D eigenvalue weighted by atomic mass is 9.94. The molecular formula is C18H24N2O4S2. The highest BCUT2D eigenvalue weighted by molar-refractivity contribution is 8.00. The van der Waals surface area contributed by atoms with Gasteiger partial charge in [-0.2, -0.15) is 0 Å². The number of carbonyl (C=O) groups excluding carboxylic acids is 2. The van der Waals surface area contributed by atoms with Crippen molar-refractivity contribution in [3.8, 4) is 0 Å². The summed E-state index contributed by atoms with van der Waals surface area (Å²) in [4.78, 5) is 39.1. The molecule has 2 heterocycles. The molecule has 0 saturated carbocycles. The molecule has 6 nitrogen and oxygen atoms in total. The van der Waals surface area contributed by atoms with Crippen LogP contribution >= 0.6 is 23.1 Å². The van der Waals surface area contributed by atoms with E-state index in [1.807, 2.05) is 4.90 Å². The maximum atomic E-state index is 13.1. The lowest BCUT2D eigenvalue weighted by Gasteiger charge is -2.27. The summed E-state index contributed by atoms with van der Waals surface area (Å²) in [5.74, 6) is -1.17. The number of amides is 2. The molecule has 3 rings (SSSR count). The van der Waals surface area contributed by atoms with E-state index in [-0.39, 0.29) is 23.3 Å². The Morgan fingerprint density at radius 1 is 1.04 bits per heavy atom. The van der Waals surface area contributed by atoms with Gasteiger partial charge in [-0.3, -0.25) is 14.4 Å². The van der Waals surface area contributed by atoms with E-state index in [4.69, 9.17) is 5.11 Å². The number of carbonyl (C=O) groups is 3. The van der Waals surface area contributed by atoms with Gasteiger partial charge in [-0.25, -0.2) is 0 Å². The summed E-state index contributed by atoms with van der Waals surface area (Å²) < 4.78 is 0. The van der Waals surface area contributed by atoms with Gasteiger partial charge in [0.2, 0.25) is 5.91 Å². The molecule has 0 aromatic carbocycles. The number of likely N-dealkylation sites (tertiary alicyclic amines) is 1. The molecule has 0 spiro atoms. The van der Waals surface area contributed by atoms with E-state index in [9.17, 15) is 14.4 Å². The predicted molar refractivity (Wildman–Crippen MR) is 104 cm³/mol. The monoisotopic (exact) mass is 396 g/mol. The minimum absolute atomic E-state index is 0.0394. The third kappa shape index (κ3) is 4.59. The van der Waals surface area contributed by atoms with Crippen LogP contribution in [0.5, 0.6) is 0 Å². The molecule has 1 aliphatic carbocycles. The number of piperidine rings is 1. The molecule has 8 heteroatoms. The lowest BCUT2D eigenvalue weighted by molar-refractivity contribution is -0.133. The van der Waals surface area contributed by atoms with Crippen LogP contribution in [0.15, 0.2) is 0 Å². The molecular weight excluding hydrogens is 372 g/mol. The van der Waals surface area contributed by atoms with Gasteiger partial charge in [-0.05, 0) is 50.5 Å². The summed E-state index contributed by atoms with van der Waals surface area (Å²) in [7, 11) is 0. The van der Waals surface area contributed by atoms with Gasteiger partial charge < -0.3 is 15.3 Å². The second-order valence-corrected chi connectivity index (χ2v) is 8.79. The van der Waals surface area contributed by atoms with Crippen molar-refractivity contribution in [3.05, 3.63) is 16.0 Å². The van der Waals surface area contributed by atoms with Crippen molar-refractivity contribution in [2.24, 2.45) is 0 Å². The number of carboxylic acids is 1. The summed E-state index contributed by atoms with van der Waals surface area (Å²) in [6.07, 6.45) is 7.28. The van der Waals surface area contributed by atoms with Gasteiger partial charge in [-0.1, -0.05) is 0 Å². The maximum Gasteiger partial charge on any atom is 0.313 e. The number of hydrogen-bond acceptors (Lipinski definition) is 5. The number of carboxylic acid groups (broad SMARTS) is 1. The van der Waals surface area contributed by atoms with Crippen LogP contribution in [-0.2, 0) is 22.4 Å². The highest BCUT2D eigenvalue weighted by Gasteiger charge is 2.29. The number of rotatable bonds is 6. The number of anilines is 1. The minimum Gasteiger partial charge on any atom is -0.481 e. The SMILES string of the molecule is O=C(O)CSCC(=O)Nc1sc2c(c1C(=O)N1CCCCC1)CCCC2.